The van der Waals surface area contributed by atoms with Gasteiger partial charge in [0.2, 0.25) is 5.88 Å². The number of urea groups is 1. The minimum absolute atomic E-state index is 0.383. The first kappa shape index (κ1) is 11.1. The van der Waals surface area contributed by atoms with Crippen LogP contribution in [0.25, 0.3) is 11.0 Å². The number of methoxy groups -OCH3 is 1. The van der Waals surface area contributed by atoms with E-state index in [1.165, 1.54) is 0 Å². The van der Waals surface area contributed by atoms with Crippen LogP contribution in [0.5, 0.6) is 5.75 Å². The number of hydrazine groups is 2. The third-order valence-corrected chi connectivity index (χ3v) is 2.16. The van der Waals surface area contributed by atoms with Crippen LogP contribution in [0.1, 0.15) is 0 Å². The molecule has 5 N–H and O–H groups in total. The lowest BCUT2D eigenvalue weighted by Crippen LogP contribution is -2.42. The number of amides is 2. The second-order valence-electron chi connectivity index (χ2n) is 3.21. The fourth-order valence-corrected chi connectivity index (χ4v) is 1.41. The highest BCUT2D eigenvalue weighted by Gasteiger charge is 2.08. The maximum Gasteiger partial charge on any atom is 0.347 e. The van der Waals surface area contributed by atoms with Crippen LogP contribution in [-0.4, -0.2) is 13.1 Å². The Morgan fingerprint density at radius 3 is 3.00 bits per heavy atom. The van der Waals surface area contributed by atoms with E-state index >= 15 is 0 Å². The third kappa shape index (κ3) is 2.23. The Labute approximate surface area is 96.8 Å². The smallest absolute Gasteiger partial charge is 0.347 e. The van der Waals surface area contributed by atoms with Crippen molar-refractivity contribution in [2.45, 2.75) is 0 Å². The van der Waals surface area contributed by atoms with E-state index in [0.29, 0.717) is 17.2 Å². The number of ether oxygens (including phenoxy) is 1. The Bertz CT molecular complexity index is 537. The molecule has 1 heterocycles. The molecule has 0 spiro atoms. The summed E-state index contributed by atoms with van der Waals surface area (Å²) in [4.78, 5) is 10.8. The summed E-state index contributed by atoms with van der Waals surface area (Å²) >= 11 is 0. The maximum absolute atomic E-state index is 10.8. The van der Waals surface area contributed by atoms with Crippen molar-refractivity contribution in [3.8, 4) is 5.75 Å². The quantitative estimate of drug-likeness (QED) is 0.361. The largest absolute Gasteiger partial charge is 0.493 e. The molecular weight excluding hydrogens is 224 g/mol. The first-order chi connectivity index (χ1) is 8.24. The third-order valence-electron chi connectivity index (χ3n) is 2.16. The molecule has 2 aromatic rings. The van der Waals surface area contributed by atoms with Crippen molar-refractivity contribution in [2.75, 3.05) is 12.5 Å². The van der Waals surface area contributed by atoms with E-state index < -0.39 is 6.03 Å². The average molecular weight is 236 g/mol. The Hall–Kier alpha value is -2.41. The molecule has 7 heteroatoms. The molecule has 0 radical (unpaired) electrons. The summed E-state index contributed by atoms with van der Waals surface area (Å²) in [5.41, 5.74) is 7.38. The van der Waals surface area contributed by atoms with Crippen LogP contribution in [-0.2, 0) is 0 Å². The molecule has 0 aliphatic heterocycles. The lowest BCUT2D eigenvalue weighted by atomic mass is 10.2. The molecule has 90 valence electrons. The number of carbonyl (C=O) groups excluding carboxylic acids is 1. The molecule has 0 aliphatic rings. The van der Waals surface area contributed by atoms with Crippen LogP contribution in [0.4, 0.5) is 10.7 Å². The zero-order chi connectivity index (χ0) is 12.3. The van der Waals surface area contributed by atoms with Crippen LogP contribution in [0.3, 0.4) is 0 Å². The molecule has 0 bridgehead atoms. The van der Waals surface area contributed by atoms with E-state index in [2.05, 4.69) is 10.9 Å². The highest BCUT2D eigenvalue weighted by Crippen LogP contribution is 2.30. The van der Waals surface area contributed by atoms with Crippen LogP contribution in [0.2, 0.25) is 0 Å². The van der Waals surface area contributed by atoms with E-state index in [0.717, 1.165) is 5.39 Å². The molecule has 0 aliphatic carbocycles. The predicted octanol–water partition coefficient (Wildman–Crippen LogP) is 0.941. The van der Waals surface area contributed by atoms with Gasteiger partial charge in [-0.3, -0.25) is 10.9 Å². The molecule has 0 atom stereocenters. The number of anilines is 1. The minimum atomic E-state index is -0.572. The van der Waals surface area contributed by atoms with Gasteiger partial charge in [-0.25, -0.2) is 16.1 Å². The van der Waals surface area contributed by atoms with Gasteiger partial charge in [0.05, 0.1) is 7.11 Å². The van der Waals surface area contributed by atoms with Gasteiger partial charge in [-0.05, 0) is 6.07 Å². The van der Waals surface area contributed by atoms with Gasteiger partial charge in [-0.2, -0.15) is 0 Å². The number of nitrogens with two attached hydrogens (primary N) is 1. The number of benzene rings is 1. The minimum Gasteiger partial charge on any atom is -0.493 e. The summed E-state index contributed by atoms with van der Waals surface area (Å²) in [5, 5.41) is 0.863. The highest BCUT2D eigenvalue weighted by molar-refractivity contribution is 5.86. The molecule has 0 saturated heterocycles. The van der Waals surface area contributed by atoms with Gasteiger partial charge >= 0.3 is 6.03 Å². The second-order valence-corrected chi connectivity index (χ2v) is 3.21. The Balaban J connectivity index is 2.22. The van der Waals surface area contributed by atoms with Gasteiger partial charge in [0.15, 0.2) is 11.3 Å². The van der Waals surface area contributed by atoms with E-state index in [9.17, 15) is 4.79 Å². The first-order valence-corrected chi connectivity index (χ1v) is 4.83. The number of nitrogens with one attached hydrogen (secondary N) is 3. The molecule has 17 heavy (non-hydrogen) atoms. The SMILES string of the molecule is COc1cccc2cc(NNC(=O)NN)oc12. The molecule has 7 nitrogen and oxygen atoms in total. The van der Waals surface area contributed by atoms with Gasteiger partial charge in [-0.15, -0.1) is 0 Å². The summed E-state index contributed by atoms with van der Waals surface area (Å²) < 4.78 is 10.6. The molecule has 2 rings (SSSR count). The summed E-state index contributed by atoms with van der Waals surface area (Å²) in [7, 11) is 1.56. The van der Waals surface area contributed by atoms with Crippen molar-refractivity contribution >= 4 is 22.9 Å². The second kappa shape index (κ2) is 4.62. The van der Waals surface area contributed by atoms with Gasteiger partial charge < -0.3 is 9.15 Å². The number of hydrogen-bond donors (Lipinski definition) is 4. The number of para-hydroxylation sites is 1. The Morgan fingerprint density at radius 1 is 1.47 bits per heavy atom. The van der Waals surface area contributed by atoms with Gasteiger partial charge in [0.1, 0.15) is 0 Å². The van der Waals surface area contributed by atoms with Crippen molar-refractivity contribution in [3.63, 3.8) is 0 Å². The summed E-state index contributed by atoms with van der Waals surface area (Å²) in [6.07, 6.45) is 0. The van der Waals surface area contributed by atoms with Gasteiger partial charge in [-0.1, -0.05) is 12.1 Å². The summed E-state index contributed by atoms with van der Waals surface area (Å²) in [6, 6.07) is 6.66. The van der Waals surface area contributed by atoms with Crippen molar-refractivity contribution in [1.82, 2.24) is 10.9 Å². The van der Waals surface area contributed by atoms with E-state index in [1.807, 2.05) is 17.6 Å². The van der Waals surface area contributed by atoms with Gasteiger partial charge in [0, 0.05) is 11.5 Å². The van der Waals surface area contributed by atoms with Crippen molar-refractivity contribution < 1.29 is 13.9 Å². The van der Waals surface area contributed by atoms with Crippen molar-refractivity contribution in [2.24, 2.45) is 5.84 Å². The zero-order valence-corrected chi connectivity index (χ0v) is 9.11. The number of fused-ring (bicyclic) bond motifs is 1. The topological polar surface area (TPSA) is 102 Å². The molecular formula is C10H12N4O3. The highest BCUT2D eigenvalue weighted by atomic mass is 16.5. The lowest BCUT2D eigenvalue weighted by Gasteiger charge is -2.03. The number of hydrogen-bond acceptors (Lipinski definition) is 5. The Morgan fingerprint density at radius 2 is 2.29 bits per heavy atom. The van der Waals surface area contributed by atoms with E-state index in [4.69, 9.17) is 15.0 Å². The Kier molecular flexibility index (Phi) is 3.01. The molecule has 1 aromatic heterocycles. The number of carbonyl (C=O) groups is 1. The van der Waals surface area contributed by atoms with Crippen LogP contribution >= 0.6 is 0 Å². The summed E-state index contributed by atoms with van der Waals surface area (Å²) in [5.74, 6) is 5.91. The van der Waals surface area contributed by atoms with Crippen LogP contribution in [0, 0.1) is 0 Å². The molecule has 0 unspecified atom stereocenters. The molecule has 2 amide bonds. The van der Waals surface area contributed by atoms with E-state index in [-0.39, 0.29) is 0 Å². The maximum atomic E-state index is 10.8. The monoisotopic (exact) mass is 236 g/mol. The number of furan rings is 1. The van der Waals surface area contributed by atoms with Crippen molar-refractivity contribution in [1.29, 1.82) is 0 Å². The van der Waals surface area contributed by atoms with Crippen LogP contribution in [0.15, 0.2) is 28.7 Å². The normalized spacial score (nSPS) is 10.0. The first-order valence-electron chi connectivity index (χ1n) is 4.83. The number of rotatable bonds is 3. The zero-order valence-electron chi connectivity index (χ0n) is 9.11. The summed E-state index contributed by atoms with van der Waals surface area (Å²) in [6.45, 7) is 0. The molecule has 0 saturated carbocycles. The molecule has 0 fully saturated rings. The standard InChI is InChI=1S/C10H12N4O3/c1-16-7-4-2-3-6-5-8(17-9(6)7)13-14-10(15)12-11/h2-5,13H,11H2,1H3,(H2,12,14,15). The van der Waals surface area contributed by atoms with Gasteiger partial charge in [0.25, 0.3) is 0 Å². The average Bonchev–Trinajstić information content (AvgIpc) is 2.78. The predicted molar refractivity (Wildman–Crippen MR) is 62.2 cm³/mol. The van der Waals surface area contributed by atoms with Crippen molar-refractivity contribution in [3.05, 3.63) is 24.3 Å². The van der Waals surface area contributed by atoms with Crippen LogP contribution < -0.4 is 26.9 Å². The fraction of sp³-hybridized carbons (Fsp3) is 0.100. The molecule has 1 aromatic carbocycles. The lowest BCUT2D eigenvalue weighted by molar-refractivity contribution is 0.243. The fourth-order valence-electron chi connectivity index (χ4n) is 1.41. The van der Waals surface area contributed by atoms with E-state index in [1.54, 1.807) is 19.2 Å².